The Bertz CT molecular complexity index is 485. The fraction of sp³-hybridized carbons (Fsp3) is 0.467. The molecule has 2 amide bonds. The van der Waals surface area contributed by atoms with Crippen molar-refractivity contribution in [3.63, 3.8) is 0 Å². The molecule has 1 aliphatic rings. The second kappa shape index (κ2) is 7.03. The number of carbonyl (C=O) groups excluding carboxylic acids is 2. The first-order valence-electron chi connectivity index (χ1n) is 6.99. The average Bonchev–Trinajstić information content (AvgIpc) is 2.42. The molecule has 4 nitrogen and oxygen atoms in total. The van der Waals surface area contributed by atoms with Gasteiger partial charge < -0.3 is 10.6 Å². The monoisotopic (exact) mass is 278 g/mol. The van der Waals surface area contributed by atoms with Gasteiger partial charge in [-0.2, -0.15) is 0 Å². The molecule has 0 saturated heterocycles. The molecule has 1 aliphatic carbocycles. The molecule has 1 saturated carbocycles. The zero-order chi connectivity index (χ0) is 14.4. The maximum absolute atomic E-state index is 13.3. The van der Waals surface area contributed by atoms with Crippen molar-refractivity contribution in [2.24, 2.45) is 0 Å². The molecular formula is C15H19FN2O2. The Morgan fingerprint density at radius 3 is 2.50 bits per heavy atom. The summed E-state index contributed by atoms with van der Waals surface area (Å²) in [6, 6.07) is 6.07. The lowest BCUT2D eigenvalue weighted by Gasteiger charge is -2.22. The smallest absolute Gasteiger partial charge is 0.233 e. The van der Waals surface area contributed by atoms with Crippen LogP contribution in [0.4, 0.5) is 10.1 Å². The summed E-state index contributed by atoms with van der Waals surface area (Å²) in [5.74, 6) is -1.30. The average molecular weight is 278 g/mol. The highest BCUT2D eigenvalue weighted by Crippen LogP contribution is 2.17. The predicted molar refractivity (Wildman–Crippen MR) is 74.7 cm³/mol. The Hall–Kier alpha value is -1.91. The van der Waals surface area contributed by atoms with E-state index in [2.05, 4.69) is 10.6 Å². The number of rotatable bonds is 4. The number of amides is 2. The van der Waals surface area contributed by atoms with Crippen LogP contribution in [0.1, 0.15) is 38.5 Å². The van der Waals surface area contributed by atoms with Gasteiger partial charge in [-0.25, -0.2) is 4.39 Å². The fourth-order valence-electron chi connectivity index (χ4n) is 2.43. The van der Waals surface area contributed by atoms with Gasteiger partial charge in [0.1, 0.15) is 12.2 Å². The Kier molecular flexibility index (Phi) is 5.09. The lowest BCUT2D eigenvalue weighted by molar-refractivity contribution is -0.127. The zero-order valence-electron chi connectivity index (χ0n) is 11.3. The molecule has 5 heteroatoms. The summed E-state index contributed by atoms with van der Waals surface area (Å²) in [5, 5.41) is 5.26. The van der Waals surface area contributed by atoms with Crippen molar-refractivity contribution >= 4 is 17.5 Å². The molecule has 0 bridgehead atoms. The largest absolute Gasteiger partial charge is 0.353 e. The van der Waals surface area contributed by atoms with Gasteiger partial charge in [-0.3, -0.25) is 9.59 Å². The summed E-state index contributed by atoms with van der Waals surface area (Å²) < 4.78 is 13.3. The Morgan fingerprint density at radius 1 is 1.10 bits per heavy atom. The molecule has 1 aromatic carbocycles. The van der Waals surface area contributed by atoms with Crippen LogP contribution in [0.25, 0.3) is 0 Å². The van der Waals surface area contributed by atoms with Crippen LogP contribution in [0.5, 0.6) is 0 Å². The van der Waals surface area contributed by atoms with Crippen LogP contribution in [0.15, 0.2) is 24.3 Å². The molecule has 1 fully saturated rings. The maximum Gasteiger partial charge on any atom is 0.233 e. The first-order chi connectivity index (χ1) is 9.65. The van der Waals surface area contributed by atoms with Crippen LogP contribution in [-0.2, 0) is 9.59 Å². The van der Waals surface area contributed by atoms with Crippen molar-refractivity contribution in [2.45, 2.75) is 44.6 Å². The van der Waals surface area contributed by atoms with Crippen LogP contribution in [0, 0.1) is 5.82 Å². The molecule has 0 unspecified atom stereocenters. The normalized spacial score (nSPS) is 15.7. The van der Waals surface area contributed by atoms with Crippen LogP contribution in [0.3, 0.4) is 0 Å². The van der Waals surface area contributed by atoms with Gasteiger partial charge in [-0.15, -0.1) is 0 Å². The van der Waals surface area contributed by atoms with E-state index in [9.17, 15) is 14.0 Å². The van der Waals surface area contributed by atoms with E-state index >= 15 is 0 Å². The van der Waals surface area contributed by atoms with Gasteiger partial charge in [-0.05, 0) is 25.0 Å². The summed E-state index contributed by atoms with van der Waals surface area (Å²) in [6.07, 6.45) is 5.12. The van der Waals surface area contributed by atoms with Gasteiger partial charge in [0.05, 0.1) is 5.69 Å². The van der Waals surface area contributed by atoms with E-state index in [0.29, 0.717) is 0 Å². The first-order valence-corrected chi connectivity index (χ1v) is 6.99. The first kappa shape index (κ1) is 14.5. The minimum absolute atomic E-state index is 0.1000. The van der Waals surface area contributed by atoms with Crippen molar-refractivity contribution in [2.75, 3.05) is 5.32 Å². The molecule has 0 aliphatic heterocycles. The third-order valence-corrected chi connectivity index (χ3v) is 3.44. The number of benzene rings is 1. The molecule has 1 aromatic rings. The Balaban J connectivity index is 1.79. The minimum atomic E-state index is -0.506. The van der Waals surface area contributed by atoms with Crippen molar-refractivity contribution in [1.29, 1.82) is 0 Å². The van der Waals surface area contributed by atoms with Gasteiger partial charge in [-0.1, -0.05) is 31.4 Å². The van der Waals surface area contributed by atoms with Gasteiger partial charge >= 0.3 is 0 Å². The summed E-state index contributed by atoms with van der Waals surface area (Å²) in [7, 11) is 0. The molecule has 20 heavy (non-hydrogen) atoms. The zero-order valence-corrected chi connectivity index (χ0v) is 11.3. The van der Waals surface area contributed by atoms with Crippen LogP contribution in [0.2, 0.25) is 0 Å². The molecular weight excluding hydrogens is 259 g/mol. The quantitative estimate of drug-likeness (QED) is 0.832. The van der Waals surface area contributed by atoms with Crippen LogP contribution in [-0.4, -0.2) is 17.9 Å². The van der Waals surface area contributed by atoms with E-state index in [-0.39, 0.29) is 24.1 Å². The van der Waals surface area contributed by atoms with Crippen molar-refractivity contribution in [3.8, 4) is 0 Å². The second-order valence-electron chi connectivity index (χ2n) is 5.11. The van der Waals surface area contributed by atoms with Crippen LogP contribution < -0.4 is 10.6 Å². The van der Waals surface area contributed by atoms with E-state index in [1.165, 1.54) is 18.6 Å². The molecule has 0 radical (unpaired) electrons. The lowest BCUT2D eigenvalue weighted by atomic mass is 9.95. The van der Waals surface area contributed by atoms with Crippen LogP contribution >= 0.6 is 0 Å². The number of para-hydroxylation sites is 1. The summed E-state index contributed by atoms with van der Waals surface area (Å²) in [4.78, 5) is 23.4. The van der Waals surface area contributed by atoms with E-state index in [1.807, 2.05) is 0 Å². The van der Waals surface area contributed by atoms with E-state index < -0.39 is 11.7 Å². The summed E-state index contributed by atoms with van der Waals surface area (Å²) >= 11 is 0. The number of anilines is 1. The maximum atomic E-state index is 13.3. The number of hydrogen-bond acceptors (Lipinski definition) is 2. The third kappa shape index (κ3) is 4.33. The highest BCUT2D eigenvalue weighted by molar-refractivity contribution is 6.03. The Morgan fingerprint density at radius 2 is 1.80 bits per heavy atom. The highest BCUT2D eigenvalue weighted by Gasteiger charge is 2.17. The number of carbonyl (C=O) groups is 2. The number of hydrogen-bond donors (Lipinski definition) is 2. The standard InChI is InChI=1S/C15H19FN2O2/c16-12-8-4-5-9-13(12)18-15(20)10-14(19)17-11-6-2-1-3-7-11/h4-5,8-9,11H,1-3,6-7,10H2,(H,17,19)(H,18,20). The molecule has 2 N–H and O–H groups in total. The van der Waals surface area contributed by atoms with Crippen molar-refractivity contribution in [1.82, 2.24) is 5.32 Å². The van der Waals surface area contributed by atoms with Gasteiger partial charge in [0.15, 0.2) is 0 Å². The second-order valence-corrected chi connectivity index (χ2v) is 5.11. The topological polar surface area (TPSA) is 58.2 Å². The summed E-state index contributed by atoms with van der Waals surface area (Å²) in [6.45, 7) is 0. The van der Waals surface area contributed by atoms with Gasteiger partial charge in [0.2, 0.25) is 11.8 Å². The minimum Gasteiger partial charge on any atom is -0.353 e. The molecule has 0 heterocycles. The highest BCUT2D eigenvalue weighted by atomic mass is 19.1. The fourth-order valence-corrected chi connectivity index (χ4v) is 2.43. The van der Waals surface area contributed by atoms with Gasteiger partial charge in [0, 0.05) is 6.04 Å². The van der Waals surface area contributed by atoms with Crippen molar-refractivity contribution < 1.29 is 14.0 Å². The van der Waals surface area contributed by atoms with Gasteiger partial charge in [0.25, 0.3) is 0 Å². The molecule has 108 valence electrons. The Labute approximate surface area is 117 Å². The number of nitrogens with one attached hydrogen (secondary N) is 2. The van der Waals surface area contributed by atoms with E-state index in [0.717, 1.165) is 25.7 Å². The molecule has 0 atom stereocenters. The summed E-state index contributed by atoms with van der Waals surface area (Å²) in [5.41, 5.74) is 0.1000. The predicted octanol–water partition coefficient (Wildman–Crippen LogP) is 2.60. The van der Waals surface area contributed by atoms with Crippen molar-refractivity contribution in [3.05, 3.63) is 30.1 Å². The third-order valence-electron chi connectivity index (χ3n) is 3.44. The van der Waals surface area contributed by atoms with E-state index in [1.54, 1.807) is 12.1 Å². The SMILES string of the molecule is O=C(CC(=O)NC1CCCCC1)Nc1ccccc1F. The molecule has 0 aromatic heterocycles. The lowest BCUT2D eigenvalue weighted by Crippen LogP contribution is -2.37. The molecule has 0 spiro atoms. The number of halogens is 1. The molecule has 2 rings (SSSR count). The van der Waals surface area contributed by atoms with E-state index in [4.69, 9.17) is 0 Å².